The summed E-state index contributed by atoms with van der Waals surface area (Å²) in [6, 6.07) is 7.84. The van der Waals surface area contributed by atoms with Crippen molar-refractivity contribution in [1.82, 2.24) is 19.7 Å². The van der Waals surface area contributed by atoms with Gasteiger partial charge in [-0.2, -0.15) is 0 Å². The number of aromatic nitrogens is 1. The number of thiophene rings is 1. The Bertz CT molecular complexity index is 926. The maximum Gasteiger partial charge on any atom is 0.237 e. The first kappa shape index (κ1) is 21.4. The molecule has 0 saturated carbocycles. The van der Waals surface area contributed by atoms with Gasteiger partial charge in [0.05, 0.1) is 24.6 Å². The first-order valence-corrected chi connectivity index (χ1v) is 13.0. The van der Waals surface area contributed by atoms with Gasteiger partial charge in [0.1, 0.15) is 0 Å². The summed E-state index contributed by atoms with van der Waals surface area (Å²) in [4.78, 5) is 24.7. The van der Waals surface area contributed by atoms with E-state index in [0.717, 1.165) is 37.6 Å². The van der Waals surface area contributed by atoms with Gasteiger partial charge in [-0.25, -0.2) is 8.42 Å². The molecule has 2 saturated heterocycles. The van der Waals surface area contributed by atoms with Crippen molar-refractivity contribution in [2.45, 2.75) is 25.6 Å². The Morgan fingerprint density at radius 3 is 2.50 bits per heavy atom. The highest BCUT2D eigenvalue weighted by Gasteiger charge is 2.35. The molecule has 0 aromatic carbocycles. The maximum absolute atomic E-state index is 13.2. The summed E-state index contributed by atoms with van der Waals surface area (Å²) in [6.45, 7) is 5.26. The smallest absolute Gasteiger partial charge is 0.237 e. The molecule has 2 aliphatic heterocycles. The summed E-state index contributed by atoms with van der Waals surface area (Å²) in [5, 5.41) is 1.99. The van der Waals surface area contributed by atoms with Crippen LogP contribution in [0.4, 0.5) is 0 Å². The largest absolute Gasteiger partial charge is 0.332 e. The maximum atomic E-state index is 13.2. The molecule has 0 radical (unpaired) electrons. The van der Waals surface area contributed by atoms with E-state index in [0.29, 0.717) is 19.5 Å². The minimum absolute atomic E-state index is 0.0353. The van der Waals surface area contributed by atoms with E-state index in [1.165, 1.54) is 5.56 Å². The molecule has 9 heteroatoms. The molecule has 162 valence electrons. The van der Waals surface area contributed by atoms with Gasteiger partial charge in [-0.1, -0.05) is 6.07 Å². The lowest BCUT2D eigenvalue weighted by molar-refractivity contribution is -0.135. The molecule has 0 bridgehead atoms. The first-order valence-electron chi connectivity index (χ1n) is 10.3. The summed E-state index contributed by atoms with van der Waals surface area (Å²) >= 11 is 1.61. The fourth-order valence-electron chi connectivity index (χ4n) is 4.15. The molecule has 1 amide bonds. The number of piperazine rings is 1. The molecule has 4 rings (SSSR count). The Hall–Kier alpha value is -1.81. The fraction of sp³-hybridized carbons (Fsp3) is 0.524. The number of carbonyl (C=O) groups excluding carboxylic acids is 1. The van der Waals surface area contributed by atoms with Crippen LogP contribution in [0.5, 0.6) is 0 Å². The molecule has 2 aromatic heterocycles. The van der Waals surface area contributed by atoms with Gasteiger partial charge in [0, 0.05) is 56.0 Å². The molecule has 4 heterocycles. The molecule has 0 aliphatic carbocycles. The molecule has 2 aliphatic rings. The van der Waals surface area contributed by atoms with Crippen LogP contribution in [-0.4, -0.2) is 84.3 Å². The molecular weight excluding hydrogens is 420 g/mol. The SMILES string of the molecule is O=C(CN1CCN(Cc2ccncc2)CC1)N(Cc1cccs1)C1CCS(=O)(=O)C1. The number of hydrogen-bond donors (Lipinski definition) is 0. The van der Waals surface area contributed by atoms with Crippen LogP contribution < -0.4 is 0 Å². The highest BCUT2D eigenvalue weighted by Crippen LogP contribution is 2.22. The van der Waals surface area contributed by atoms with E-state index in [9.17, 15) is 13.2 Å². The normalized spacial score (nSPS) is 22.2. The van der Waals surface area contributed by atoms with E-state index in [4.69, 9.17) is 0 Å². The standard InChI is InChI=1S/C21H28N4O3S2/c26-21(16-24-10-8-23(9-11-24)14-18-3-6-22-7-4-18)25(15-20-2-1-12-29-20)19-5-13-30(27,28)17-19/h1-4,6-7,12,19H,5,8-11,13-17H2. The van der Waals surface area contributed by atoms with Gasteiger partial charge in [-0.05, 0) is 35.6 Å². The minimum atomic E-state index is -3.04. The quantitative estimate of drug-likeness (QED) is 0.639. The molecule has 1 atom stereocenters. The van der Waals surface area contributed by atoms with E-state index < -0.39 is 9.84 Å². The lowest BCUT2D eigenvalue weighted by atomic mass is 10.2. The van der Waals surface area contributed by atoms with Crippen LogP contribution >= 0.6 is 11.3 Å². The summed E-state index contributed by atoms with van der Waals surface area (Å²) in [6.07, 6.45) is 4.17. The van der Waals surface area contributed by atoms with Gasteiger partial charge >= 0.3 is 0 Å². The summed E-state index contributed by atoms with van der Waals surface area (Å²) in [5.41, 5.74) is 1.25. The number of amides is 1. The molecule has 30 heavy (non-hydrogen) atoms. The van der Waals surface area contributed by atoms with Gasteiger partial charge in [-0.15, -0.1) is 11.3 Å². The minimum Gasteiger partial charge on any atom is -0.332 e. The van der Waals surface area contributed by atoms with E-state index in [1.54, 1.807) is 16.2 Å². The third-order valence-electron chi connectivity index (χ3n) is 5.86. The molecular formula is C21H28N4O3S2. The summed E-state index contributed by atoms with van der Waals surface area (Å²) in [5.74, 6) is 0.303. The Morgan fingerprint density at radius 1 is 1.13 bits per heavy atom. The summed E-state index contributed by atoms with van der Waals surface area (Å²) < 4.78 is 24.0. The Labute approximate surface area is 182 Å². The highest BCUT2D eigenvalue weighted by atomic mass is 32.2. The van der Waals surface area contributed by atoms with Gasteiger partial charge in [-0.3, -0.25) is 19.6 Å². The van der Waals surface area contributed by atoms with Gasteiger partial charge in [0.15, 0.2) is 9.84 Å². The number of pyridine rings is 1. The van der Waals surface area contributed by atoms with Crippen LogP contribution in [0.2, 0.25) is 0 Å². The topological polar surface area (TPSA) is 73.8 Å². The second kappa shape index (κ2) is 9.55. The predicted molar refractivity (Wildman–Crippen MR) is 118 cm³/mol. The molecule has 0 spiro atoms. The number of hydrogen-bond acceptors (Lipinski definition) is 7. The molecule has 7 nitrogen and oxygen atoms in total. The van der Waals surface area contributed by atoms with Crippen molar-refractivity contribution >= 4 is 27.1 Å². The van der Waals surface area contributed by atoms with E-state index >= 15 is 0 Å². The molecule has 0 N–H and O–H groups in total. The van der Waals surface area contributed by atoms with Gasteiger partial charge < -0.3 is 4.90 Å². The second-order valence-electron chi connectivity index (χ2n) is 8.07. The van der Waals surface area contributed by atoms with Crippen molar-refractivity contribution in [3.63, 3.8) is 0 Å². The van der Waals surface area contributed by atoms with Gasteiger partial charge in [0.25, 0.3) is 0 Å². The van der Waals surface area contributed by atoms with Crippen molar-refractivity contribution in [1.29, 1.82) is 0 Å². The van der Waals surface area contributed by atoms with E-state index in [2.05, 4.69) is 14.8 Å². The van der Waals surface area contributed by atoms with Crippen LogP contribution in [0, 0.1) is 0 Å². The molecule has 2 fully saturated rings. The zero-order valence-corrected chi connectivity index (χ0v) is 18.7. The predicted octanol–water partition coefficient (Wildman–Crippen LogP) is 1.48. The van der Waals surface area contributed by atoms with Crippen LogP contribution in [0.1, 0.15) is 16.9 Å². The van der Waals surface area contributed by atoms with Crippen molar-refractivity contribution in [2.24, 2.45) is 0 Å². The Kier molecular flexibility index (Phi) is 6.82. The number of nitrogens with zero attached hydrogens (tertiary/aromatic N) is 4. The van der Waals surface area contributed by atoms with Gasteiger partial charge in [0.2, 0.25) is 5.91 Å². The first-order chi connectivity index (χ1) is 14.5. The Morgan fingerprint density at radius 2 is 1.87 bits per heavy atom. The average Bonchev–Trinajstić information content (AvgIpc) is 3.37. The molecule has 2 aromatic rings. The van der Waals surface area contributed by atoms with Crippen LogP contribution in [0.15, 0.2) is 42.0 Å². The number of rotatable bonds is 7. The number of sulfone groups is 1. The van der Waals surface area contributed by atoms with E-state index in [1.807, 2.05) is 42.0 Å². The monoisotopic (exact) mass is 448 g/mol. The zero-order valence-electron chi connectivity index (χ0n) is 17.0. The second-order valence-corrected chi connectivity index (χ2v) is 11.3. The summed E-state index contributed by atoms with van der Waals surface area (Å²) in [7, 11) is -3.04. The van der Waals surface area contributed by atoms with Crippen molar-refractivity contribution in [2.75, 3.05) is 44.2 Å². The van der Waals surface area contributed by atoms with Crippen LogP contribution in [-0.2, 0) is 27.7 Å². The third kappa shape index (κ3) is 5.66. The van der Waals surface area contributed by atoms with Crippen molar-refractivity contribution < 1.29 is 13.2 Å². The van der Waals surface area contributed by atoms with E-state index in [-0.39, 0.29) is 23.5 Å². The highest BCUT2D eigenvalue weighted by molar-refractivity contribution is 7.91. The van der Waals surface area contributed by atoms with Crippen molar-refractivity contribution in [3.8, 4) is 0 Å². The third-order valence-corrected chi connectivity index (χ3v) is 8.47. The zero-order chi connectivity index (χ0) is 21.0. The average molecular weight is 449 g/mol. The molecule has 1 unspecified atom stereocenters. The van der Waals surface area contributed by atoms with Crippen LogP contribution in [0.25, 0.3) is 0 Å². The fourth-order valence-corrected chi connectivity index (χ4v) is 6.58. The van der Waals surface area contributed by atoms with Crippen molar-refractivity contribution in [3.05, 3.63) is 52.5 Å². The number of carbonyl (C=O) groups is 1. The Balaban J connectivity index is 1.33. The lowest BCUT2D eigenvalue weighted by Crippen LogP contribution is -2.51. The van der Waals surface area contributed by atoms with Crippen LogP contribution in [0.3, 0.4) is 0 Å². The lowest BCUT2D eigenvalue weighted by Gasteiger charge is -2.36.